The van der Waals surface area contributed by atoms with Crippen molar-refractivity contribution in [1.29, 1.82) is 0 Å². The van der Waals surface area contributed by atoms with Gasteiger partial charge in [0.05, 0.1) is 23.5 Å². The average molecular weight is 534 g/mol. The number of thiazole rings is 1. The number of para-hydroxylation sites is 1. The van der Waals surface area contributed by atoms with Crippen LogP contribution in [0.15, 0.2) is 91.6 Å². The SMILES string of the molecule is COc1ccc2nc(N(/N=C/c3ccc(Br)cc3)C(=O)c3cc4ccccc4oc3=O)sc2c1. The van der Waals surface area contributed by atoms with Crippen molar-refractivity contribution >= 4 is 65.7 Å². The second-order valence-electron chi connectivity index (χ2n) is 7.23. The molecule has 0 atom stereocenters. The van der Waals surface area contributed by atoms with Gasteiger partial charge in [0, 0.05) is 9.86 Å². The number of nitrogens with zero attached hydrogens (tertiary/aromatic N) is 3. The van der Waals surface area contributed by atoms with Crippen molar-refractivity contribution in [1.82, 2.24) is 4.98 Å². The third-order valence-corrected chi connectivity index (χ3v) is 6.54. The van der Waals surface area contributed by atoms with Gasteiger partial charge in [0.1, 0.15) is 16.9 Å². The Morgan fingerprint density at radius 1 is 1.12 bits per heavy atom. The number of hydrogen-bond donors (Lipinski definition) is 0. The minimum Gasteiger partial charge on any atom is -0.497 e. The van der Waals surface area contributed by atoms with Gasteiger partial charge in [-0.15, -0.1) is 0 Å². The number of anilines is 1. The summed E-state index contributed by atoms with van der Waals surface area (Å²) in [6, 6.07) is 21.4. The maximum atomic E-state index is 13.6. The Morgan fingerprint density at radius 3 is 2.71 bits per heavy atom. The predicted molar refractivity (Wildman–Crippen MR) is 137 cm³/mol. The number of halogens is 1. The van der Waals surface area contributed by atoms with E-state index in [9.17, 15) is 9.59 Å². The molecule has 5 rings (SSSR count). The summed E-state index contributed by atoms with van der Waals surface area (Å²) in [4.78, 5) is 30.8. The Kier molecular flexibility index (Phi) is 5.95. The lowest BCUT2D eigenvalue weighted by Crippen LogP contribution is -2.30. The first kappa shape index (κ1) is 22.0. The molecule has 0 bridgehead atoms. The molecular weight excluding hydrogens is 518 g/mol. The van der Waals surface area contributed by atoms with Crippen LogP contribution in [-0.4, -0.2) is 24.2 Å². The molecule has 168 valence electrons. The predicted octanol–water partition coefficient (Wildman–Crippen LogP) is 5.85. The zero-order valence-electron chi connectivity index (χ0n) is 17.8. The lowest BCUT2D eigenvalue weighted by molar-refractivity contribution is 0.0984. The van der Waals surface area contributed by atoms with E-state index in [2.05, 4.69) is 26.0 Å². The number of methoxy groups -OCH3 is 1. The maximum absolute atomic E-state index is 13.6. The van der Waals surface area contributed by atoms with Crippen LogP contribution in [0.25, 0.3) is 21.2 Å². The van der Waals surface area contributed by atoms with E-state index in [0.29, 0.717) is 27.4 Å². The van der Waals surface area contributed by atoms with E-state index >= 15 is 0 Å². The fourth-order valence-electron chi connectivity index (χ4n) is 3.30. The third kappa shape index (κ3) is 4.35. The van der Waals surface area contributed by atoms with Gasteiger partial charge < -0.3 is 9.15 Å². The summed E-state index contributed by atoms with van der Waals surface area (Å²) in [5.41, 5.74) is 0.983. The van der Waals surface area contributed by atoms with Gasteiger partial charge in [-0.25, -0.2) is 9.78 Å². The Bertz CT molecular complexity index is 1610. The molecule has 7 nitrogen and oxygen atoms in total. The molecule has 1 amide bonds. The summed E-state index contributed by atoms with van der Waals surface area (Å²) < 4.78 is 12.4. The van der Waals surface area contributed by atoms with Crippen molar-refractivity contribution in [2.45, 2.75) is 0 Å². The molecule has 0 unspecified atom stereocenters. The molecule has 0 aliphatic carbocycles. The van der Waals surface area contributed by atoms with Crippen molar-refractivity contribution in [2.24, 2.45) is 5.10 Å². The van der Waals surface area contributed by atoms with E-state index in [4.69, 9.17) is 9.15 Å². The minimum atomic E-state index is -0.740. The second-order valence-corrected chi connectivity index (χ2v) is 9.15. The Balaban J connectivity index is 1.61. The summed E-state index contributed by atoms with van der Waals surface area (Å²) in [5, 5.41) is 6.48. The summed E-state index contributed by atoms with van der Waals surface area (Å²) in [5.74, 6) is 0.0352. The number of ether oxygens (including phenoxy) is 1. The normalized spacial score (nSPS) is 11.4. The van der Waals surface area contributed by atoms with Gasteiger partial charge in [0.25, 0.3) is 5.91 Å². The first-order valence-electron chi connectivity index (χ1n) is 10.1. The molecule has 0 fully saturated rings. The second kappa shape index (κ2) is 9.20. The molecule has 0 aliphatic heterocycles. The quantitative estimate of drug-likeness (QED) is 0.160. The standard InChI is InChI=1S/C25H16BrN3O4S/c1-32-18-10-11-20-22(13-18)34-25(28-20)29(27-14-15-6-8-17(26)9-7-15)23(30)19-12-16-4-2-3-5-21(16)33-24(19)31/h2-14H,1H3/b27-14+. The highest BCUT2D eigenvalue weighted by atomic mass is 79.9. The van der Waals surface area contributed by atoms with Gasteiger partial charge in [-0.05, 0) is 48.0 Å². The number of rotatable bonds is 5. The largest absolute Gasteiger partial charge is 0.497 e. The number of hydrogen-bond acceptors (Lipinski definition) is 7. The highest BCUT2D eigenvalue weighted by Gasteiger charge is 2.25. The van der Waals surface area contributed by atoms with E-state index in [0.717, 1.165) is 19.7 Å². The van der Waals surface area contributed by atoms with E-state index < -0.39 is 11.5 Å². The molecule has 0 spiro atoms. The number of benzene rings is 3. The van der Waals surface area contributed by atoms with E-state index in [1.54, 1.807) is 49.7 Å². The zero-order valence-corrected chi connectivity index (χ0v) is 20.2. The highest BCUT2D eigenvalue weighted by Crippen LogP contribution is 2.32. The third-order valence-electron chi connectivity index (χ3n) is 5.02. The topological polar surface area (TPSA) is 85.0 Å². The van der Waals surface area contributed by atoms with Crippen LogP contribution >= 0.6 is 27.3 Å². The Hall–Kier alpha value is -3.82. The molecule has 0 N–H and O–H groups in total. The first-order chi connectivity index (χ1) is 16.5. The van der Waals surface area contributed by atoms with Gasteiger partial charge in [-0.2, -0.15) is 10.1 Å². The van der Waals surface area contributed by atoms with Crippen LogP contribution in [0.2, 0.25) is 0 Å². The molecule has 3 aromatic carbocycles. The van der Waals surface area contributed by atoms with Crippen LogP contribution in [0.1, 0.15) is 15.9 Å². The monoisotopic (exact) mass is 533 g/mol. The number of aromatic nitrogens is 1. The van der Waals surface area contributed by atoms with Crippen molar-refractivity contribution < 1.29 is 13.9 Å². The van der Waals surface area contributed by atoms with Gasteiger partial charge in [0.2, 0.25) is 5.13 Å². The Morgan fingerprint density at radius 2 is 1.91 bits per heavy atom. The van der Waals surface area contributed by atoms with E-state index in [1.807, 2.05) is 30.3 Å². The van der Waals surface area contributed by atoms with Gasteiger partial charge >= 0.3 is 5.63 Å². The molecular formula is C25H16BrN3O4S. The number of hydrazone groups is 1. The van der Waals surface area contributed by atoms with Gasteiger partial charge in [0.15, 0.2) is 0 Å². The first-order valence-corrected chi connectivity index (χ1v) is 11.7. The fraction of sp³-hybridized carbons (Fsp3) is 0.0400. The maximum Gasteiger partial charge on any atom is 0.349 e. The minimum absolute atomic E-state index is 0.136. The smallest absolute Gasteiger partial charge is 0.349 e. The average Bonchev–Trinajstić information content (AvgIpc) is 3.27. The molecule has 5 aromatic rings. The van der Waals surface area contributed by atoms with Crippen LogP contribution in [0.3, 0.4) is 0 Å². The number of amides is 1. The van der Waals surface area contributed by atoms with E-state index in [1.165, 1.54) is 17.4 Å². The number of carbonyl (C=O) groups excluding carboxylic acids is 1. The van der Waals surface area contributed by atoms with Crippen LogP contribution in [0, 0.1) is 0 Å². The van der Waals surface area contributed by atoms with Crippen molar-refractivity contribution in [3.05, 3.63) is 98.8 Å². The van der Waals surface area contributed by atoms with Crippen LogP contribution < -0.4 is 15.4 Å². The zero-order chi connectivity index (χ0) is 23.7. The summed E-state index contributed by atoms with van der Waals surface area (Å²) in [7, 11) is 1.58. The molecule has 34 heavy (non-hydrogen) atoms. The summed E-state index contributed by atoms with van der Waals surface area (Å²) >= 11 is 4.67. The van der Waals surface area contributed by atoms with Crippen molar-refractivity contribution in [2.75, 3.05) is 12.1 Å². The lowest BCUT2D eigenvalue weighted by Gasteiger charge is -2.13. The summed E-state index contributed by atoms with van der Waals surface area (Å²) in [6.45, 7) is 0. The van der Waals surface area contributed by atoms with Crippen LogP contribution in [-0.2, 0) is 0 Å². The molecule has 2 heterocycles. The number of carbonyl (C=O) groups is 1. The van der Waals surface area contributed by atoms with Crippen LogP contribution in [0.5, 0.6) is 5.75 Å². The molecule has 2 aromatic heterocycles. The summed E-state index contributed by atoms with van der Waals surface area (Å²) in [6.07, 6.45) is 1.54. The molecule has 0 radical (unpaired) electrons. The Labute approximate surface area is 206 Å². The van der Waals surface area contributed by atoms with Gasteiger partial charge in [-0.1, -0.05) is 57.6 Å². The lowest BCUT2D eigenvalue weighted by atomic mass is 10.2. The van der Waals surface area contributed by atoms with Crippen molar-refractivity contribution in [3.63, 3.8) is 0 Å². The molecule has 0 saturated heterocycles. The molecule has 0 aliphatic rings. The number of fused-ring (bicyclic) bond motifs is 2. The highest BCUT2D eigenvalue weighted by molar-refractivity contribution is 9.10. The van der Waals surface area contributed by atoms with Gasteiger partial charge in [-0.3, -0.25) is 4.79 Å². The van der Waals surface area contributed by atoms with Crippen LogP contribution in [0.4, 0.5) is 5.13 Å². The molecule has 0 saturated carbocycles. The van der Waals surface area contributed by atoms with E-state index in [-0.39, 0.29) is 5.56 Å². The fourth-order valence-corrected chi connectivity index (χ4v) is 4.51. The molecule has 9 heteroatoms. The van der Waals surface area contributed by atoms with Crippen molar-refractivity contribution in [3.8, 4) is 5.75 Å².